The zero-order chi connectivity index (χ0) is 8.32. The maximum atomic E-state index is 11.4. The molecule has 59 valence electrons. The van der Waals surface area contributed by atoms with Crippen molar-refractivity contribution in [3.63, 3.8) is 0 Å². The topological polar surface area (TPSA) is 35.0 Å². The lowest BCUT2D eigenvalue weighted by atomic mass is 10.6. The summed E-state index contributed by atoms with van der Waals surface area (Å²) in [5.41, 5.74) is 0. The number of aromatic nitrogens is 2. The maximum absolute atomic E-state index is 11.4. The van der Waals surface area contributed by atoms with Crippen LogP contribution in [-0.4, -0.2) is 16.3 Å². The van der Waals surface area contributed by atoms with Crippen LogP contribution in [0, 0.1) is 6.20 Å². The van der Waals surface area contributed by atoms with Gasteiger partial charge in [0.1, 0.15) is 12.5 Å². The molecule has 1 aromatic heterocycles. The van der Waals surface area contributed by atoms with Gasteiger partial charge in [-0.3, -0.25) is 0 Å². The van der Waals surface area contributed by atoms with E-state index >= 15 is 0 Å². The van der Waals surface area contributed by atoms with Gasteiger partial charge in [-0.05, 0) is 0 Å². The Hall–Kier alpha value is -1.33. The Kier molecular flexibility index (Phi) is 1.93. The van der Waals surface area contributed by atoms with E-state index in [4.69, 9.17) is 0 Å². The van der Waals surface area contributed by atoms with Gasteiger partial charge in [-0.15, -0.1) is 13.2 Å². The van der Waals surface area contributed by atoms with Gasteiger partial charge in [0.05, 0.1) is 6.20 Å². The zero-order valence-corrected chi connectivity index (χ0v) is 5.09. The smallest absolute Gasteiger partial charge is 0.402 e. The molecule has 1 heterocycles. The zero-order valence-electron chi connectivity index (χ0n) is 5.09. The summed E-state index contributed by atoms with van der Waals surface area (Å²) >= 11 is 0. The predicted molar refractivity (Wildman–Crippen MR) is 27.6 cm³/mol. The third-order valence-corrected chi connectivity index (χ3v) is 0.717. The molecule has 3 nitrogen and oxygen atoms in total. The minimum atomic E-state index is -4.71. The average Bonchev–Trinajstić information content (AvgIpc) is 1.85. The van der Waals surface area contributed by atoms with Gasteiger partial charge < -0.3 is 4.74 Å². The first kappa shape index (κ1) is 7.77. The highest BCUT2D eigenvalue weighted by Gasteiger charge is 2.31. The molecule has 0 aromatic carbocycles. The van der Waals surface area contributed by atoms with Crippen molar-refractivity contribution < 1.29 is 17.9 Å². The molecule has 6 heteroatoms. The molecule has 0 aliphatic carbocycles. The van der Waals surface area contributed by atoms with Gasteiger partial charge in [0.25, 0.3) is 0 Å². The number of hydrogen-bond donors (Lipinski definition) is 0. The summed E-state index contributed by atoms with van der Waals surface area (Å²) in [7, 11) is 0. The van der Waals surface area contributed by atoms with Crippen LogP contribution in [-0.2, 0) is 0 Å². The van der Waals surface area contributed by atoms with Crippen LogP contribution in [0.25, 0.3) is 0 Å². The second-order valence-electron chi connectivity index (χ2n) is 1.55. The molecular formula is C5H2F3N2O. The lowest BCUT2D eigenvalue weighted by Gasteiger charge is -2.05. The molecule has 11 heavy (non-hydrogen) atoms. The van der Waals surface area contributed by atoms with Crippen LogP contribution in [0.4, 0.5) is 13.2 Å². The fourth-order valence-electron chi connectivity index (χ4n) is 0.430. The number of halogens is 3. The van der Waals surface area contributed by atoms with Crippen LogP contribution in [0.1, 0.15) is 0 Å². The van der Waals surface area contributed by atoms with Crippen molar-refractivity contribution >= 4 is 0 Å². The highest BCUT2D eigenvalue weighted by molar-refractivity contribution is 5.08. The Morgan fingerprint density at radius 1 is 1.45 bits per heavy atom. The van der Waals surface area contributed by atoms with Crippen molar-refractivity contribution in [1.82, 2.24) is 9.97 Å². The summed E-state index contributed by atoms with van der Waals surface area (Å²) in [6, 6.07) is 0. The molecular weight excluding hydrogens is 161 g/mol. The van der Waals surface area contributed by atoms with Gasteiger partial charge >= 0.3 is 6.36 Å². The molecule has 0 bridgehead atoms. The van der Waals surface area contributed by atoms with Gasteiger partial charge in [-0.25, -0.2) is 9.97 Å². The summed E-state index contributed by atoms with van der Waals surface area (Å²) in [6.07, 6.45) is -0.803. The van der Waals surface area contributed by atoms with E-state index < -0.39 is 12.1 Å². The maximum Gasteiger partial charge on any atom is 0.573 e. The Balaban J connectivity index is 2.66. The third kappa shape index (κ3) is 2.83. The summed E-state index contributed by atoms with van der Waals surface area (Å²) in [5.74, 6) is -0.542. The van der Waals surface area contributed by atoms with Gasteiger partial charge in [-0.2, -0.15) is 0 Å². The molecule has 0 unspecified atom stereocenters. The van der Waals surface area contributed by atoms with E-state index in [0.29, 0.717) is 0 Å². The van der Waals surface area contributed by atoms with Crippen molar-refractivity contribution in [3.8, 4) is 5.75 Å². The Morgan fingerprint density at radius 2 is 2.18 bits per heavy atom. The Morgan fingerprint density at radius 3 is 2.64 bits per heavy atom. The molecule has 1 aromatic rings. The third-order valence-electron chi connectivity index (χ3n) is 0.717. The highest BCUT2D eigenvalue weighted by Crippen LogP contribution is 2.19. The predicted octanol–water partition coefficient (Wildman–Crippen LogP) is 1.18. The number of rotatable bonds is 1. The van der Waals surface area contributed by atoms with Crippen LogP contribution in [0.3, 0.4) is 0 Å². The molecule has 0 N–H and O–H groups in total. The number of alkyl halides is 3. The lowest BCUT2D eigenvalue weighted by molar-refractivity contribution is -0.274. The monoisotopic (exact) mass is 163 g/mol. The van der Waals surface area contributed by atoms with Gasteiger partial charge in [0.2, 0.25) is 0 Å². The summed E-state index contributed by atoms with van der Waals surface area (Å²) in [6.45, 7) is 0. The molecule has 0 saturated carbocycles. The normalized spacial score (nSPS) is 11.2. The van der Waals surface area contributed by atoms with Crippen LogP contribution in [0.15, 0.2) is 12.5 Å². The molecule has 0 aliphatic heterocycles. The summed E-state index contributed by atoms with van der Waals surface area (Å²) in [4.78, 5) is 6.51. The number of nitrogens with zero attached hydrogens (tertiary/aromatic N) is 2. The van der Waals surface area contributed by atoms with Crippen molar-refractivity contribution in [2.45, 2.75) is 6.36 Å². The molecule has 0 fully saturated rings. The fraction of sp³-hybridized carbons (Fsp3) is 0.200. The van der Waals surface area contributed by atoms with Gasteiger partial charge in [0.15, 0.2) is 5.75 Å². The average molecular weight is 163 g/mol. The number of hydrogen-bond acceptors (Lipinski definition) is 3. The van der Waals surface area contributed by atoms with Crippen molar-refractivity contribution in [3.05, 3.63) is 18.7 Å². The van der Waals surface area contributed by atoms with Crippen LogP contribution >= 0.6 is 0 Å². The van der Waals surface area contributed by atoms with E-state index in [9.17, 15) is 13.2 Å². The SMILES string of the molecule is FC(F)(F)Oc1[c]ncnc1. The summed E-state index contributed by atoms with van der Waals surface area (Å²) in [5, 5.41) is 0. The van der Waals surface area contributed by atoms with E-state index in [-0.39, 0.29) is 0 Å². The molecule has 0 atom stereocenters. The first-order valence-electron chi connectivity index (χ1n) is 2.51. The second kappa shape index (κ2) is 2.73. The highest BCUT2D eigenvalue weighted by atomic mass is 19.4. The second-order valence-corrected chi connectivity index (χ2v) is 1.55. The fourth-order valence-corrected chi connectivity index (χ4v) is 0.430. The largest absolute Gasteiger partial charge is 0.573 e. The lowest BCUT2D eigenvalue weighted by Crippen LogP contribution is -2.17. The van der Waals surface area contributed by atoms with Gasteiger partial charge in [-0.1, -0.05) is 0 Å². The molecule has 0 amide bonds. The molecule has 0 aliphatic rings. The first-order valence-corrected chi connectivity index (χ1v) is 2.51. The summed E-state index contributed by atoms with van der Waals surface area (Å²) < 4.78 is 37.8. The molecule has 0 saturated heterocycles. The van der Waals surface area contributed by atoms with E-state index in [0.717, 1.165) is 12.5 Å². The Labute approximate surface area is 59.8 Å². The van der Waals surface area contributed by atoms with E-state index in [1.807, 2.05) is 6.20 Å². The first-order chi connectivity index (χ1) is 5.08. The molecule has 1 rings (SSSR count). The Bertz CT molecular complexity index is 223. The van der Waals surface area contributed by atoms with Crippen molar-refractivity contribution in [2.24, 2.45) is 0 Å². The van der Waals surface area contributed by atoms with Crippen LogP contribution in [0.2, 0.25) is 0 Å². The van der Waals surface area contributed by atoms with Crippen molar-refractivity contribution in [2.75, 3.05) is 0 Å². The molecule has 0 spiro atoms. The van der Waals surface area contributed by atoms with Crippen LogP contribution in [0.5, 0.6) is 5.75 Å². The van der Waals surface area contributed by atoms with Crippen molar-refractivity contribution in [1.29, 1.82) is 0 Å². The van der Waals surface area contributed by atoms with E-state index in [1.54, 1.807) is 0 Å². The number of ether oxygens (including phenoxy) is 1. The van der Waals surface area contributed by atoms with E-state index in [2.05, 4.69) is 14.7 Å². The van der Waals surface area contributed by atoms with E-state index in [1.165, 1.54) is 0 Å². The minimum Gasteiger partial charge on any atom is -0.402 e. The molecule has 1 radical (unpaired) electrons. The van der Waals surface area contributed by atoms with Gasteiger partial charge in [0, 0.05) is 0 Å². The van der Waals surface area contributed by atoms with Crippen LogP contribution < -0.4 is 4.74 Å². The standard InChI is InChI=1S/C5H2F3N2O/c6-5(7,8)11-4-1-9-3-10-2-4/h1,3H. The quantitative estimate of drug-likeness (QED) is 0.623. The minimum absolute atomic E-state index is 0.542.